The summed E-state index contributed by atoms with van der Waals surface area (Å²) >= 11 is 0. The first-order valence-corrected chi connectivity index (χ1v) is 8.00. The Hall–Kier alpha value is -2.89. The van der Waals surface area contributed by atoms with Gasteiger partial charge in [0.1, 0.15) is 5.69 Å². The molecular weight excluding hydrogens is 306 g/mol. The number of aryl methyl sites for hydroxylation is 1. The summed E-state index contributed by atoms with van der Waals surface area (Å²) in [5, 5.41) is 5.25. The summed E-state index contributed by atoms with van der Waals surface area (Å²) in [6.07, 6.45) is 1.73. The minimum absolute atomic E-state index is 0.131. The number of fused-ring (bicyclic) bond motifs is 1. The Bertz CT molecular complexity index is 973. The summed E-state index contributed by atoms with van der Waals surface area (Å²) in [5.74, 6) is 0.510. The van der Waals surface area contributed by atoms with E-state index in [4.69, 9.17) is 4.52 Å². The summed E-state index contributed by atoms with van der Waals surface area (Å²) < 4.78 is 5.34. The van der Waals surface area contributed by atoms with Crippen LogP contribution in [0.1, 0.15) is 40.8 Å². The Morgan fingerprint density at radius 2 is 2.17 bits per heavy atom. The molecule has 0 bridgehead atoms. The van der Waals surface area contributed by atoms with Gasteiger partial charge in [-0.3, -0.25) is 9.59 Å². The molecule has 24 heavy (non-hydrogen) atoms. The highest BCUT2D eigenvalue weighted by atomic mass is 16.5. The summed E-state index contributed by atoms with van der Waals surface area (Å²) in [6.45, 7) is 2.49. The standard InChI is InChI=1S/C18H17N3O3/c1-11-9-16(24-20-11)15-7-4-8-21(15)18(23)14-10-12-5-2-3-6-13(12)17(22)19-14/h2-3,5-6,9-10,15H,4,7-8H2,1H3,(H,19,22)/t15-/m1/s1. The van der Waals surface area contributed by atoms with Gasteiger partial charge in [-0.2, -0.15) is 0 Å². The lowest BCUT2D eigenvalue weighted by Crippen LogP contribution is -2.32. The molecule has 0 unspecified atom stereocenters. The predicted octanol–water partition coefficient (Wildman–Crippen LogP) is 2.80. The van der Waals surface area contributed by atoms with Gasteiger partial charge in [0.15, 0.2) is 5.76 Å². The normalized spacial score (nSPS) is 17.5. The van der Waals surface area contributed by atoms with Gasteiger partial charge < -0.3 is 14.4 Å². The molecule has 0 saturated carbocycles. The second-order valence-corrected chi connectivity index (χ2v) is 6.13. The van der Waals surface area contributed by atoms with Crippen LogP contribution in [-0.4, -0.2) is 27.5 Å². The van der Waals surface area contributed by atoms with Crippen LogP contribution < -0.4 is 5.56 Å². The summed E-state index contributed by atoms with van der Waals surface area (Å²) in [4.78, 5) is 29.6. The molecule has 1 fully saturated rings. The van der Waals surface area contributed by atoms with Crippen molar-refractivity contribution < 1.29 is 9.32 Å². The fourth-order valence-corrected chi connectivity index (χ4v) is 3.33. The van der Waals surface area contributed by atoms with Crippen LogP contribution in [0.5, 0.6) is 0 Å². The Labute approximate surface area is 138 Å². The van der Waals surface area contributed by atoms with Crippen molar-refractivity contribution in [3.8, 4) is 0 Å². The van der Waals surface area contributed by atoms with Crippen molar-refractivity contribution in [3.05, 3.63) is 63.9 Å². The topological polar surface area (TPSA) is 79.2 Å². The van der Waals surface area contributed by atoms with Crippen LogP contribution in [0.2, 0.25) is 0 Å². The smallest absolute Gasteiger partial charge is 0.271 e. The number of nitrogens with zero attached hydrogens (tertiary/aromatic N) is 2. The number of hydrogen-bond acceptors (Lipinski definition) is 4. The van der Waals surface area contributed by atoms with E-state index in [1.54, 1.807) is 17.0 Å². The summed E-state index contributed by atoms with van der Waals surface area (Å²) in [5.41, 5.74) is 0.855. The van der Waals surface area contributed by atoms with Gasteiger partial charge in [-0.05, 0) is 37.3 Å². The van der Waals surface area contributed by atoms with E-state index >= 15 is 0 Å². The third-order valence-corrected chi connectivity index (χ3v) is 4.47. The zero-order chi connectivity index (χ0) is 16.7. The molecule has 1 amide bonds. The first-order valence-electron chi connectivity index (χ1n) is 8.00. The van der Waals surface area contributed by atoms with Gasteiger partial charge in [-0.25, -0.2) is 0 Å². The molecule has 1 atom stereocenters. The van der Waals surface area contributed by atoms with Crippen LogP contribution in [0.3, 0.4) is 0 Å². The molecule has 1 aromatic carbocycles. The number of aromatic nitrogens is 2. The Kier molecular flexibility index (Phi) is 3.45. The van der Waals surface area contributed by atoms with E-state index < -0.39 is 0 Å². The van der Waals surface area contributed by atoms with Crippen molar-refractivity contribution in [2.24, 2.45) is 0 Å². The van der Waals surface area contributed by atoms with Gasteiger partial charge in [-0.1, -0.05) is 23.4 Å². The highest BCUT2D eigenvalue weighted by Crippen LogP contribution is 2.33. The molecule has 1 aliphatic heterocycles. The van der Waals surface area contributed by atoms with Gasteiger partial charge in [0, 0.05) is 18.0 Å². The van der Waals surface area contributed by atoms with Crippen LogP contribution in [-0.2, 0) is 0 Å². The second-order valence-electron chi connectivity index (χ2n) is 6.13. The van der Waals surface area contributed by atoms with Crippen molar-refractivity contribution in [2.75, 3.05) is 6.54 Å². The van der Waals surface area contributed by atoms with Crippen molar-refractivity contribution in [1.29, 1.82) is 0 Å². The van der Waals surface area contributed by atoms with E-state index in [1.807, 2.05) is 31.2 Å². The van der Waals surface area contributed by atoms with Gasteiger partial charge in [0.2, 0.25) is 0 Å². The molecule has 6 nitrogen and oxygen atoms in total. The monoisotopic (exact) mass is 323 g/mol. The van der Waals surface area contributed by atoms with E-state index in [2.05, 4.69) is 10.1 Å². The third kappa shape index (κ3) is 2.40. The third-order valence-electron chi connectivity index (χ3n) is 4.47. The van der Waals surface area contributed by atoms with Crippen LogP contribution in [0.25, 0.3) is 10.8 Å². The molecular formula is C18H17N3O3. The molecule has 6 heteroatoms. The predicted molar refractivity (Wildman–Crippen MR) is 88.8 cm³/mol. The molecule has 122 valence electrons. The molecule has 0 spiro atoms. The van der Waals surface area contributed by atoms with Crippen LogP contribution in [0.15, 0.2) is 45.7 Å². The molecule has 1 aliphatic rings. The Balaban J connectivity index is 1.71. The average Bonchev–Trinajstić information content (AvgIpc) is 3.22. The van der Waals surface area contributed by atoms with Gasteiger partial charge in [-0.15, -0.1) is 0 Å². The second kappa shape index (κ2) is 5.63. The number of nitrogens with one attached hydrogen (secondary N) is 1. The maximum atomic E-state index is 12.9. The molecule has 1 N–H and O–H groups in total. The SMILES string of the molecule is Cc1cc([C@H]2CCCN2C(=O)c2cc3ccccc3c(=O)[nH]2)on1. The molecule has 0 radical (unpaired) electrons. The Morgan fingerprint density at radius 1 is 1.33 bits per heavy atom. The van der Waals surface area contributed by atoms with Crippen LogP contribution >= 0.6 is 0 Å². The summed E-state index contributed by atoms with van der Waals surface area (Å²) in [6, 6.07) is 10.7. The minimum Gasteiger partial charge on any atom is -0.359 e. The maximum absolute atomic E-state index is 12.9. The van der Waals surface area contributed by atoms with Gasteiger partial charge in [0.25, 0.3) is 11.5 Å². The van der Waals surface area contributed by atoms with E-state index in [0.717, 1.165) is 23.9 Å². The lowest BCUT2D eigenvalue weighted by Gasteiger charge is -2.22. The first-order chi connectivity index (χ1) is 11.6. The van der Waals surface area contributed by atoms with Crippen molar-refractivity contribution >= 4 is 16.7 Å². The Morgan fingerprint density at radius 3 is 2.96 bits per heavy atom. The first kappa shape index (κ1) is 14.7. The zero-order valence-corrected chi connectivity index (χ0v) is 13.3. The number of pyridine rings is 1. The fourth-order valence-electron chi connectivity index (χ4n) is 3.33. The van der Waals surface area contributed by atoms with E-state index in [-0.39, 0.29) is 17.5 Å². The number of H-pyrrole nitrogens is 1. The number of carbonyl (C=O) groups is 1. The van der Waals surface area contributed by atoms with Crippen molar-refractivity contribution in [1.82, 2.24) is 15.0 Å². The molecule has 3 heterocycles. The van der Waals surface area contributed by atoms with Crippen LogP contribution in [0, 0.1) is 6.92 Å². The number of amides is 1. The fraction of sp³-hybridized carbons (Fsp3) is 0.278. The number of rotatable bonds is 2. The maximum Gasteiger partial charge on any atom is 0.271 e. The zero-order valence-electron chi connectivity index (χ0n) is 13.3. The van der Waals surface area contributed by atoms with E-state index in [0.29, 0.717) is 23.4 Å². The summed E-state index contributed by atoms with van der Waals surface area (Å²) in [7, 11) is 0. The highest BCUT2D eigenvalue weighted by molar-refractivity contribution is 5.96. The molecule has 4 rings (SSSR count). The number of hydrogen-bond donors (Lipinski definition) is 1. The van der Waals surface area contributed by atoms with Crippen molar-refractivity contribution in [3.63, 3.8) is 0 Å². The largest absolute Gasteiger partial charge is 0.359 e. The molecule has 2 aromatic heterocycles. The average molecular weight is 323 g/mol. The highest BCUT2D eigenvalue weighted by Gasteiger charge is 2.33. The quantitative estimate of drug-likeness (QED) is 0.786. The van der Waals surface area contributed by atoms with E-state index in [9.17, 15) is 9.59 Å². The lowest BCUT2D eigenvalue weighted by molar-refractivity contribution is 0.0708. The number of likely N-dealkylation sites (tertiary alicyclic amines) is 1. The molecule has 3 aromatic rings. The van der Waals surface area contributed by atoms with Crippen molar-refractivity contribution in [2.45, 2.75) is 25.8 Å². The number of aromatic amines is 1. The molecule has 0 aliphatic carbocycles. The van der Waals surface area contributed by atoms with Crippen LogP contribution in [0.4, 0.5) is 0 Å². The molecule has 1 saturated heterocycles. The number of benzene rings is 1. The number of carbonyl (C=O) groups excluding carboxylic acids is 1. The van der Waals surface area contributed by atoms with E-state index in [1.165, 1.54) is 0 Å². The van der Waals surface area contributed by atoms with Gasteiger partial charge >= 0.3 is 0 Å². The lowest BCUT2D eigenvalue weighted by atomic mass is 10.1. The van der Waals surface area contributed by atoms with Gasteiger partial charge in [0.05, 0.1) is 11.7 Å². The minimum atomic E-state index is -0.247.